The molecule has 155 valence electrons. The molecule has 0 unspecified atom stereocenters. The molecular formula is C22H22FeO6-. The van der Waals surface area contributed by atoms with Crippen molar-refractivity contribution in [3.8, 4) is 11.8 Å². The fraction of sp³-hybridized carbons (Fsp3) is 0.318. The Labute approximate surface area is 184 Å². The van der Waals surface area contributed by atoms with Crippen LogP contribution in [-0.2, 0) is 46.2 Å². The molecule has 0 fully saturated rings. The van der Waals surface area contributed by atoms with E-state index in [1.54, 1.807) is 26.2 Å². The van der Waals surface area contributed by atoms with Crippen LogP contribution in [0.3, 0.4) is 0 Å². The van der Waals surface area contributed by atoms with Crippen LogP contribution in [0.5, 0.6) is 0 Å². The zero-order valence-electron chi connectivity index (χ0n) is 16.5. The van der Waals surface area contributed by atoms with Crippen LogP contribution in [0.4, 0.5) is 0 Å². The van der Waals surface area contributed by atoms with Gasteiger partial charge in [-0.05, 0) is 39.7 Å². The summed E-state index contributed by atoms with van der Waals surface area (Å²) in [5.41, 5.74) is -0.925. The number of aliphatic hydroxyl groups is 1. The van der Waals surface area contributed by atoms with E-state index in [0.29, 0.717) is 5.56 Å². The molecule has 0 bridgehead atoms. The SMILES string of the molecule is C[C@H]([CH][CH][CH][C@](O)(C#CC(C)(C)C)c1ccccc1)O[C-]=O.[C-]#[O+].[C-]#[O+].[C-]#[O+].[Fe]. The Morgan fingerprint density at radius 3 is 1.97 bits per heavy atom. The van der Waals surface area contributed by atoms with E-state index in [2.05, 4.69) is 36.5 Å². The van der Waals surface area contributed by atoms with Gasteiger partial charge in [0.1, 0.15) is 0 Å². The molecule has 0 heterocycles. The Bertz CT molecular complexity index is 635. The molecular weight excluding hydrogens is 416 g/mol. The molecule has 2 atom stereocenters. The summed E-state index contributed by atoms with van der Waals surface area (Å²) in [5, 5.41) is 10.9. The summed E-state index contributed by atoms with van der Waals surface area (Å²) in [7, 11) is 0. The number of hydrogen-bond acceptors (Lipinski definition) is 3. The third kappa shape index (κ3) is 17.8. The summed E-state index contributed by atoms with van der Waals surface area (Å²) >= 11 is 0. The van der Waals surface area contributed by atoms with Crippen LogP contribution in [0.15, 0.2) is 30.3 Å². The Balaban J connectivity index is -0.000000407. The maximum atomic E-state index is 10.9. The third-order valence-electron chi connectivity index (χ3n) is 2.80. The second-order valence-electron chi connectivity index (χ2n) is 6.09. The number of carbonyl (C=O) groups excluding carboxylic acids is 1. The van der Waals surface area contributed by atoms with Crippen molar-refractivity contribution in [2.24, 2.45) is 5.41 Å². The van der Waals surface area contributed by atoms with E-state index in [4.69, 9.17) is 14.0 Å². The Morgan fingerprint density at radius 1 is 1.07 bits per heavy atom. The first-order chi connectivity index (χ1) is 13.3. The standard InChI is InChI=1S/C19H22O3.3CO.Fe/c1-16(22-15-20)9-8-12-19(21,14-13-18(2,3)4)17-10-6-5-7-11-17;3*1-2;/h5-12,16,21H,1-4H3;;;;/q-1;;;;/t16-,19+;;;;/m1..../s1. The number of rotatable bonds is 7. The van der Waals surface area contributed by atoms with Crippen molar-refractivity contribution in [2.45, 2.75) is 39.4 Å². The molecule has 29 heavy (non-hydrogen) atoms. The van der Waals surface area contributed by atoms with Crippen molar-refractivity contribution in [3.05, 3.63) is 75.1 Å². The van der Waals surface area contributed by atoms with Gasteiger partial charge in [0.15, 0.2) is 5.60 Å². The normalized spacial score (nSPS) is 11.7. The second-order valence-corrected chi connectivity index (χ2v) is 6.09. The minimum atomic E-state index is -1.39. The molecule has 1 rings (SSSR count). The molecule has 0 aromatic heterocycles. The Hall–Kier alpha value is -2.05. The topological polar surface area (TPSA) is 106 Å². The summed E-state index contributed by atoms with van der Waals surface area (Å²) in [4.78, 5) is 10.1. The first-order valence-corrected chi connectivity index (χ1v) is 7.76. The van der Waals surface area contributed by atoms with Gasteiger partial charge in [-0.15, -0.1) is 0 Å². The van der Waals surface area contributed by atoms with Crippen LogP contribution in [0.25, 0.3) is 0 Å². The number of benzene rings is 1. The maximum absolute atomic E-state index is 10.9. The zero-order chi connectivity index (χ0) is 22.6. The molecule has 3 radical (unpaired) electrons. The van der Waals surface area contributed by atoms with E-state index >= 15 is 0 Å². The van der Waals surface area contributed by atoms with Crippen LogP contribution in [0, 0.1) is 56.5 Å². The van der Waals surface area contributed by atoms with Crippen molar-refractivity contribution in [3.63, 3.8) is 0 Å². The fourth-order valence-corrected chi connectivity index (χ4v) is 1.65. The quantitative estimate of drug-likeness (QED) is 0.306. The smallest absolute Gasteiger partial charge is 0 e. The second kappa shape index (κ2) is 20.7. The largest absolute Gasteiger partial charge is 0 e. The summed E-state index contributed by atoms with van der Waals surface area (Å²) in [6, 6.07) is 9.22. The first-order valence-electron chi connectivity index (χ1n) is 7.76. The third-order valence-corrected chi connectivity index (χ3v) is 2.80. The fourth-order valence-electron chi connectivity index (χ4n) is 1.65. The Kier molecular flexibility index (Phi) is 24.6. The van der Waals surface area contributed by atoms with Crippen LogP contribution >= 0.6 is 0 Å². The molecule has 1 N–H and O–H groups in total. The van der Waals surface area contributed by atoms with Gasteiger partial charge in [-0.3, -0.25) is 0 Å². The zero-order valence-corrected chi connectivity index (χ0v) is 17.6. The minimum absolute atomic E-state index is 0. The van der Waals surface area contributed by atoms with Gasteiger partial charge in [0.25, 0.3) is 0 Å². The average molecular weight is 438 g/mol. The van der Waals surface area contributed by atoms with Gasteiger partial charge in [0, 0.05) is 35.3 Å². The van der Waals surface area contributed by atoms with Crippen LogP contribution < -0.4 is 0 Å². The van der Waals surface area contributed by atoms with Crippen molar-refractivity contribution in [1.82, 2.24) is 0 Å². The van der Waals surface area contributed by atoms with Gasteiger partial charge in [0.2, 0.25) is 0 Å². The molecule has 0 amide bonds. The van der Waals surface area contributed by atoms with Gasteiger partial charge >= 0.3 is 33.9 Å². The van der Waals surface area contributed by atoms with Crippen LogP contribution in [0.2, 0.25) is 0 Å². The van der Waals surface area contributed by atoms with Gasteiger partial charge in [0.05, 0.1) is 6.10 Å². The molecule has 0 saturated heterocycles. The van der Waals surface area contributed by atoms with E-state index in [-0.39, 0.29) is 22.5 Å². The van der Waals surface area contributed by atoms with Gasteiger partial charge in [-0.1, -0.05) is 48.6 Å². The molecule has 0 aliphatic rings. The van der Waals surface area contributed by atoms with Crippen molar-refractivity contribution in [2.75, 3.05) is 0 Å². The van der Waals surface area contributed by atoms with Gasteiger partial charge in [-0.25, -0.2) is 0 Å². The first kappa shape index (κ1) is 34.5. The molecule has 0 aliphatic carbocycles. The summed E-state index contributed by atoms with van der Waals surface area (Å²) in [6.07, 6.45) is 4.47. The van der Waals surface area contributed by atoms with Crippen molar-refractivity contribution in [1.29, 1.82) is 0 Å². The predicted octanol–water partition coefficient (Wildman–Crippen LogP) is 2.89. The predicted molar refractivity (Wildman–Crippen MR) is 98.5 cm³/mol. The summed E-state index contributed by atoms with van der Waals surface area (Å²) in [6.45, 7) is 22.5. The summed E-state index contributed by atoms with van der Waals surface area (Å²) < 4.78 is 27.1. The monoisotopic (exact) mass is 438 g/mol. The molecule has 7 heteroatoms. The number of ether oxygens (including phenoxy) is 1. The van der Waals surface area contributed by atoms with E-state index in [9.17, 15) is 9.90 Å². The van der Waals surface area contributed by atoms with E-state index in [1.165, 1.54) is 6.47 Å². The molecule has 1 aromatic rings. The minimum Gasteiger partial charge on any atom is 0 e. The molecule has 0 spiro atoms. The van der Waals surface area contributed by atoms with Crippen LogP contribution in [-0.4, -0.2) is 17.7 Å². The molecule has 0 aliphatic heterocycles. The van der Waals surface area contributed by atoms with Gasteiger partial charge < -0.3 is 14.6 Å². The summed E-state index contributed by atoms with van der Waals surface area (Å²) in [5.74, 6) is 6.00. The van der Waals surface area contributed by atoms with E-state index in [0.717, 1.165) is 0 Å². The molecule has 6 nitrogen and oxygen atoms in total. The Morgan fingerprint density at radius 2 is 1.55 bits per heavy atom. The van der Waals surface area contributed by atoms with Crippen molar-refractivity contribution >= 4 is 6.47 Å². The van der Waals surface area contributed by atoms with E-state index in [1.807, 2.05) is 51.1 Å². The molecule has 1 aromatic carbocycles. The van der Waals surface area contributed by atoms with Crippen molar-refractivity contribution < 1.29 is 45.7 Å². The molecule has 0 saturated carbocycles. The van der Waals surface area contributed by atoms with Gasteiger partial charge in [-0.2, -0.15) is 0 Å². The average Bonchev–Trinajstić information content (AvgIpc) is 2.71. The number of hydrogen-bond donors (Lipinski definition) is 1. The maximum Gasteiger partial charge on any atom is 0 e. The van der Waals surface area contributed by atoms with Crippen LogP contribution in [0.1, 0.15) is 33.3 Å². The van der Waals surface area contributed by atoms with E-state index < -0.39 is 11.7 Å².